The van der Waals surface area contributed by atoms with Crippen LogP contribution in [0, 0.1) is 20.8 Å². The molecule has 3 aromatic heterocycles. The van der Waals surface area contributed by atoms with E-state index < -0.39 is 0 Å². The molecule has 0 bridgehead atoms. The fourth-order valence-corrected chi connectivity index (χ4v) is 3.65. The van der Waals surface area contributed by atoms with Gasteiger partial charge in [-0.1, -0.05) is 0 Å². The fraction of sp³-hybridized carbons (Fsp3) is 0.444. The van der Waals surface area contributed by atoms with Crippen LogP contribution in [0.25, 0.3) is 11.0 Å². The van der Waals surface area contributed by atoms with Gasteiger partial charge in [-0.2, -0.15) is 10.2 Å². The second-order valence-corrected chi connectivity index (χ2v) is 6.85. The van der Waals surface area contributed by atoms with Crippen LogP contribution in [0.3, 0.4) is 0 Å². The number of carbonyl (C=O) groups excluding carboxylic acids is 1. The molecule has 1 aliphatic heterocycles. The molecule has 0 aromatic carbocycles. The standard InChI is InChI=1S/C18H22N6O/c1-11-7-12(2)24(22-11)10-15-5-4-6-23(15)18(25)14-8-16-13(3)20-21-17(16)19-9-14/h7-9,15H,4-6,10H2,1-3H3,(H,19,20,21)/t15-/m0/s1. The summed E-state index contributed by atoms with van der Waals surface area (Å²) in [7, 11) is 0. The summed E-state index contributed by atoms with van der Waals surface area (Å²) in [6.45, 7) is 7.51. The minimum Gasteiger partial charge on any atom is -0.334 e. The molecule has 0 saturated carbocycles. The number of nitrogens with zero attached hydrogens (tertiary/aromatic N) is 5. The minimum atomic E-state index is 0.0408. The van der Waals surface area contributed by atoms with E-state index in [-0.39, 0.29) is 11.9 Å². The smallest absolute Gasteiger partial charge is 0.255 e. The number of aromatic amines is 1. The molecule has 1 amide bonds. The highest BCUT2D eigenvalue weighted by molar-refractivity contribution is 5.97. The summed E-state index contributed by atoms with van der Waals surface area (Å²) < 4.78 is 2.01. The van der Waals surface area contributed by atoms with Crippen molar-refractivity contribution in [3.8, 4) is 0 Å². The van der Waals surface area contributed by atoms with Crippen molar-refractivity contribution in [3.63, 3.8) is 0 Å². The molecule has 0 aliphatic carbocycles. The lowest BCUT2D eigenvalue weighted by molar-refractivity contribution is 0.0721. The van der Waals surface area contributed by atoms with Crippen molar-refractivity contribution in [1.29, 1.82) is 0 Å². The van der Waals surface area contributed by atoms with Gasteiger partial charge < -0.3 is 4.90 Å². The Hall–Kier alpha value is -2.70. The first-order valence-corrected chi connectivity index (χ1v) is 8.65. The third kappa shape index (κ3) is 2.79. The number of amides is 1. The molecule has 25 heavy (non-hydrogen) atoms. The zero-order chi connectivity index (χ0) is 17.6. The molecule has 1 aliphatic rings. The number of pyridine rings is 1. The number of H-pyrrole nitrogens is 1. The molecule has 3 aromatic rings. The molecule has 4 heterocycles. The lowest BCUT2D eigenvalue weighted by Gasteiger charge is -2.25. The van der Waals surface area contributed by atoms with E-state index in [9.17, 15) is 4.79 Å². The van der Waals surface area contributed by atoms with Crippen molar-refractivity contribution in [2.24, 2.45) is 0 Å². The second kappa shape index (κ2) is 5.98. The molecule has 0 unspecified atom stereocenters. The highest BCUT2D eigenvalue weighted by Crippen LogP contribution is 2.23. The minimum absolute atomic E-state index is 0.0408. The van der Waals surface area contributed by atoms with Crippen molar-refractivity contribution in [2.45, 2.75) is 46.2 Å². The third-order valence-corrected chi connectivity index (χ3v) is 4.97. The first kappa shape index (κ1) is 15.8. The Labute approximate surface area is 146 Å². The highest BCUT2D eigenvalue weighted by atomic mass is 16.2. The SMILES string of the molecule is Cc1cc(C)n(C[C@@H]2CCCN2C(=O)c2cnc3n[nH]c(C)c3c2)n1. The van der Waals surface area contributed by atoms with Gasteiger partial charge in [-0.3, -0.25) is 14.6 Å². The van der Waals surface area contributed by atoms with E-state index in [4.69, 9.17) is 0 Å². The first-order chi connectivity index (χ1) is 12.0. The van der Waals surface area contributed by atoms with Crippen molar-refractivity contribution in [1.82, 2.24) is 29.9 Å². The first-order valence-electron chi connectivity index (χ1n) is 8.65. The number of likely N-dealkylation sites (tertiary alicyclic amines) is 1. The van der Waals surface area contributed by atoms with Gasteiger partial charge in [0.25, 0.3) is 5.91 Å². The van der Waals surface area contributed by atoms with Gasteiger partial charge in [-0.25, -0.2) is 4.98 Å². The molecule has 7 nitrogen and oxygen atoms in total. The Morgan fingerprint density at radius 3 is 2.92 bits per heavy atom. The highest BCUT2D eigenvalue weighted by Gasteiger charge is 2.30. The topological polar surface area (TPSA) is 79.7 Å². The number of carbonyl (C=O) groups is 1. The molecular formula is C18H22N6O. The predicted molar refractivity (Wildman–Crippen MR) is 94.4 cm³/mol. The van der Waals surface area contributed by atoms with Crippen LogP contribution in [0.15, 0.2) is 18.3 Å². The lowest BCUT2D eigenvalue weighted by Crippen LogP contribution is -2.38. The van der Waals surface area contributed by atoms with E-state index in [1.165, 1.54) is 0 Å². The number of fused-ring (bicyclic) bond motifs is 1. The van der Waals surface area contributed by atoms with Gasteiger partial charge in [-0.05, 0) is 45.7 Å². The molecule has 4 rings (SSSR count). The fourth-order valence-electron chi connectivity index (χ4n) is 3.65. The summed E-state index contributed by atoms with van der Waals surface area (Å²) >= 11 is 0. The quantitative estimate of drug-likeness (QED) is 0.795. The van der Waals surface area contributed by atoms with Gasteiger partial charge in [0.1, 0.15) is 0 Å². The normalized spacial score (nSPS) is 17.6. The molecule has 1 saturated heterocycles. The number of aromatic nitrogens is 5. The van der Waals surface area contributed by atoms with Crippen LogP contribution >= 0.6 is 0 Å². The van der Waals surface area contributed by atoms with Crippen molar-refractivity contribution >= 4 is 16.9 Å². The van der Waals surface area contributed by atoms with E-state index in [2.05, 4.69) is 33.3 Å². The molecule has 1 atom stereocenters. The van der Waals surface area contributed by atoms with Gasteiger partial charge in [0.05, 0.1) is 23.8 Å². The van der Waals surface area contributed by atoms with Crippen molar-refractivity contribution in [2.75, 3.05) is 6.54 Å². The Morgan fingerprint density at radius 2 is 2.16 bits per heavy atom. The summed E-state index contributed by atoms with van der Waals surface area (Å²) in [4.78, 5) is 19.3. The van der Waals surface area contributed by atoms with E-state index in [1.807, 2.05) is 29.5 Å². The van der Waals surface area contributed by atoms with Gasteiger partial charge in [0.15, 0.2) is 5.65 Å². The zero-order valence-corrected chi connectivity index (χ0v) is 14.8. The third-order valence-electron chi connectivity index (χ3n) is 4.97. The molecule has 130 valence electrons. The van der Waals surface area contributed by atoms with Crippen molar-refractivity contribution < 1.29 is 4.79 Å². The largest absolute Gasteiger partial charge is 0.334 e. The molecule has 0 radical (unpaired) electrons. The number of aryl methyl sites for hydroxylation is 3. The van der Waals surface area contributed by atoms with Crippen LogP contribution in [0.5, 0.6) is 0 Å². The van der Waals surface area contributed by atoms with E-state index in [0.29, 0.717) is 11.2 Å². The maximum absolute atomic E-state index is 13.0. The van der Waals surface area contributed by atoms with Crippen molar-refractivity contribution in [3.05, 3.63) is 41.0 Å². The van der Waals surface area contributed by atoms with Gasteiger partial charge in [0.2, 0.25) is 0 Å². The predicted octanol–water partition coefficient (Wildman–Crippen LogP) is 2.38. The van der Waals surface area contributed by atoms with Crippen LogP contribution in [-0.4, -0.2) is 48.4 Å². The van der Waals surface area contributed by atoms with Crippen LogP contribution in [-0.2, 0) is 6.54 Å². The average Bonchev–Trinajstić information content (AvgIpc) is 3.28. The van der Waals surface area contributed by atoms with Crippen LogP contribution < -0.4 is 0 Å². The van der Waals surface area contributed by atoms with Gasteiger partial charge in [-0.15, -0.1) is 0 Å². The van der Waals surface area contributed by atoms with E-state index in [0.717, 1.165) is 48.4 Å². The molecule has 0 spiro atoms. The molecule has 1 N–H and O–H groups in total. The molecule has 7 heteroatoms. The summed E-state index contributed by atoms with van der Waals surface area (Å²) in [6, 6.07) is 4.13. The Kier molecular flexibility index (Phi) is 3.78. The Bertz CT molecular complexity index is 940. The second-order valence-electron chi connectivity index (χ2n) is 6.85. The number of hydrogen-bond acceptors (Lipinski definition) is 4. The number of nitrogens with one attached hydrogen (secondary N) is 1. The zero-order valence-electron chi connectivity index (χ0n) is 14.8. The van der Waals surface area contributed by atoms with Crippen LogP contribution in [0.1, 0.15) is 40.3 Å². The molecule has 1 fully saturated rings. The summed E-state index contributed by atoms with van der Waals surface area (Å²) in [6.07, 6.45) is 3.66. The maximum atomic E-state index is 13.0. The van der Waals surface area contributed by atoms with Crippen LogP contribution in [0.4, 0.5) is 0 Å². The van der Waals surface area contributed by atoms with E-state index >= 15 is 0 Å². The van der Waals surface area contributed by atoms with Gasteiger partial charge >= 0.3 is 0 Å². The number of hydrogen-bond donors (Lipinski definition) is 1. The van der Waals surface area contributed by atoms with Crippen LogP contribution in [0.2, 0.25) is 0 Å². The Morgan fingerprint density at radius 1 is 1.32 bits per heavy atom. The summed E-state index contributed by atoms with van der Waals surface area (Å²) in [5.74, 6) is 0.0408. The average molecular weight is 338 g/mol. The maximum Gasteiger partial charge on any atom is 0.255 e. The van der Waals surface area contributed by atoms with E-state index in [1.54, 1.807) is 6.20 Å². The Balaban J connectivity index is 1.59. The number of rotatable bonds is 3. The molecular weight excluding hydrogens is 316 g/mol. The van der Waals surface area contributed by atoms with Gasteiger partial charge in [0, 0.05) is 29.5 Å². The monoisotopic (exact) mass is 338 g/mol. The summed E-state index contributed by atoms with van der Waals surface area (Å²) in [5, 5.41) is 12.5. The summed E-state index contributed by atoms with van der Waals surface area (Å²) in [5.41, 5.74) is 4.34. The lowest BCUT2D eigenvalue weighted by atomic mass is 10.1.